The van der Waals surface area contributed by atoms with E-state index in [9.17, 15) is 4.79 Å². The average molecular weight is 178 g/mol. The molecule has 0 aliphatic heterocycles. The molecule has 0 bridgehead atoms. The van der Waals surface area contributed by atoms with Crippen molar-refractivity contribution in [3.8, 4) is 6.07 Å². The molecule has 1 aromatic heterocycles. The second-order valence-electron chi connectivity index (χ2n) is 2.72. The molecule has 0 aliphatic carbocycles. The standard InChI is InChI=1S/C9H10N2O2/c1-7(5-10)6-11-9(12)8-3-2-4-13-8/h2-4,7H,6H2,1H3,(H,11,12). The fourth-order valence-corrected chi connectivity index (χ4v) is 0.786. The Balaban J connectivity index is 2.40. The van der Waals surface area contributed by atoms with Crippen LogP contribution in [0.25, 0.3) is 0 Å². The van der Waals surface area contributed by atoms with Crippen LogP contribution in [0, 0.1) is 17.2 Å². The molecular formula is C9H10N2O2. The fourth-order valence-electron chi connectivity index (χ4n) is 0.786. The number of amides is 1. The number of carbonyl (C=O) groups excluding carboxylic acids is 1. The number of nitriles is 1. The predicted octanol–water partition coefficient (Wildman–Crippen LogP) is 1.17. The third-order valence-electron chi connectivity index (χ3n) is 1.53. The fraction of sp³-hybridized carbons (Fsp3) is 0.333. The summed E-state index contributed by atoms with van der Waals surface area (Å²) in [5.41, 5.74) is 0. The summed E-state index contributed by atoms with van der Waals surface area (Å²) in [6, 6.07) is 5.24. The predicted molar refractivity (Wildman–Crippen MR) is 45.8 cm³/mol. The summed E-state index contributed by atoms with van der Waals surface area (Å²) in [7, 11) is 0. The minimum atomic E-state index is -0.285. The second kappa shape index (κ2) is 4.31. The van der Waals surface area contributed by atoms with E-state index in [-0.39, 0.29) is 17.6 Å². The van der Waals surface area contributed by atoms with E-state index in [2.05, 4.69) is 5.32 Å². The molecule has 1 atom stereocenters. The van der Waals surface area contributed by atoms with Crippen LogP contribution in [0.15, 0.2) is 22.8 Å². The lowest BCUT2D eigenvalue weighted by Crippen LogP contribution is -2.27. The van der Waals surface area contributed by atoms with Gasteiger partial charge in [-0.25, -0.2) is 0 Å². The van der Waals surface area contributed by atoms with E-state index >= 15 is 0 Å². The van der Waals surface area contributed by atoms with Gasteiger partial charge in [-0.15, -0.1) is 0 Å². The Morgan fingerprint density at radius 3 is 3.15 bits per heavy atom. The van der Waals surface area contributed by atoms with Crippen LogP contribution < -0.4 is 5.32 Å². The molecule has 0 saturated heterocycles. The summed E-state index contributed by atoms with van der Waals surface area (Å²) in [5.74, 6) is -0.198. The smallest absolute Gasteiger partial charge is 0.287 e. The highest BCUT2D eigenvalue weighted by Gasteiger charge is 2.08. The van der Waals surface area contributed by atoms with E-state index in [1.165, 1.54) is 6.26 Å². The van der Waals surface area contributed by atoms with Crippen LogP contribution in [-0.2, 0) is 0 Å². The van der Waals surface area contributed by atoms with Gasteiger partial charge in [-0.3, -0.25) is 4.79 Å². The van der Waals surface area contributed by atoms with Crippen LogP contribution in [0.5, 0.6) is 0 Å². The highest BCUT2D eigenvalue weighted by Crippen LogP contribution is 1.99. The molecular weight excluding hydrogens is 168 g/mol. The molecule has 13 heavy (non-hydrogen) atoms. The molecule has 1 heterocycles. The highest BCUT2D eigenvalue weighted by molar-refractivity contribution is 5.91. The molecule has 0 aromatic carbocycles. The maximum absolute atomic E-state index is 11.2. The van der Waals surface area contributed by atoms with Gasteiger partial charge in [0.1, 0.15) is 0 Å². The highest BCUT2D eigenvalue weighted by atomic mass is 16.3. The zero-order chi connectivity index (χ0) is 9.68. The molecule has 1 amide bonds. The normalized spacial score (nSPS) is 11.7. The van der Waals surface area contributed by atoms with Crippen LogP contribution in [0.2, 0.25) is 0 Å². The third kappa shape index (κ3) is 2.64. The maximum atomic E-state index is 11.2. The van der Waals surface area contributed by atoms with Crippen LogP contribution in [0.4, 0.5) is 0 Å². The lowest BCUT2D eigenvalue weighted by molar-refractivity contribution is 0.0923. The molecule has 0 spiro atoms. The first-order valence-corrected chi connectivity index (χ1v) is 3.95. The Morgan fingerprint density at radius 2 is 2.62 bits per heavy atom. The Kier molecular flexibility index (Phi) is 3.09. The van der Waals surface area contributed by atoms with E-state index in [1.807, 2.05) is 6.07 Å². The van der Waals surface area contributed by atoms with E-state index < -0.39 is 0 Å². The van der Waals surface area contributed by atoms with E-state index in [0.717, 1.165) is 0 Å². The summed E-state index contributed by atoms with van der Waals surface area (Å²) in [4.78, 5) is 11.2. The van der Waals surface area contributed by atoms with Crippen LogP contribution in [-0.4, -0.2) is 12.5 Å². The third-order valence-corrected chi connectivity index (χ3v) is 1.53. The summed E-state index contributed by atoms with van der Waals surface area (Å²) in [6.45, 7) is 2.08. The summed E-state index contributed by atoms with van der Waals surface area (Å²) in [5, 5.41) is 11.0. The van der Waals surface area contributed by atoms with Crippen LogP contribution in [0.3, 0.4) is 0 Å². The minimum absolute atomic E-state index is 0.182. The number of furan rings is 1. The molecule has 68 valence electrons. The van der Waals surface area contributed by atoms with Crippen molar-refractivity contribution < 1.29 is 9.21 Å². The lowest BCUT2D eigenvalue weighted by atomic mass is 10.2. The Bertz CT molecular complexity index is 311. The summed E-state index contributed by atoms with van der Waals surface area (Å²) >= 11 is 0. The molecule has 4 heteroatoms. The zero-order valence-electron chi connectivity index (χ0n) is 7.28. The largest absolute Gasteiger partial charge is 0.459 e. The van der Waals surface area contributed by atoms with Crippen LogP contribution in [0.1, 0.15) is 17.5 Å². The SMILES string of the molecule is CC(C#N)CNC(=O)c1ccco1. The van der Waals surface area contributed by atoms with Gasteiger partial charge in [0.25, 0.3) is 5.91 Å². The molecule has 0 fully saturated rings. The minimum Gasteiger partial charge on any atom is -0.459 e. The monoisotopic (exact) mass is 178 g/mol. The van der Waals surface area contributed by atoms with Gasteiger partial charge >= 0.3 is 0 Å². The second-order valence-corrected chi connectivity index (χ2v) is 2.72. The average Bonchev–Trinajstić information content (AvgIpc) is 2.66. The van der Waals surface area contributed by atoms with Crippen molar-refractivity contribution in [1.29, 1.82) is 5.26 Å². The number of carbonyl (C=O) groups is 1. The topological polar surface area (TPSA) is 66.0 Å². The Morgan fingerprint density at radius 1 is 1.85 bits per heavy atom. The van der Waals surface area contributed by atoms with Gasteiger partial charge in [-0.2, -0.15) is 5.26 Å². The van der Waals surface area contributed by atoms with Crippen LogP contribution >= 0.6 is 0 Å². The van der Waals surface area contributed by atoms with E-state index in [1.54, 1.807) is 19.1 Å². The first-order valence-electron chi connectivity index (χ1n) is 3.95. The molecule has 1 unspecified atom stereocenters. The van der Waals surface area contributed by atoms with Gasteiger partial charge < -0.3 is 9.73 Å². The molecule has 0 radical (unpaired) electrons. The van der Waals surface area contributed by atoms with Gasteiger partial charge in [0.05, 0.1) is 18.3 Å². The summed E-state index contributed by atoms with van der Waals surface area (Å²) in [6.07, 6.45) is 1.43. The van der Waals surface area contributed by atoms with Gasteiger partial charge in [0.15, 0.2) is 5.76 Å². The first-order chi connectivity index (χ1) is 6.24. The van der Waals surface area contributed by atoms with E-state index in [4.69, 9.17) is 9.68 Å². The van der Waals surface area contributed by atoms with Gasteiger partial charge in [-0.1, -0.05) is 0 Å². The molecule has 0 saturated carbocycles. The number of rotatable bonds is 3. The van der Waals surface area contributed by atoms with Crippen molar-refractivity contribution in [1.82, 2.24) is 5.32 Å². The zero-order valence-corrected chi connectivity index (χ0v) is 7.28. The van der Waals surface area contributed by atoms with Crippen molar-refractivity contribution in [3.63, 3.8) is 0 Å². The van der Waals surface area contributed by atoms with Crippen molar-refractivity contribution in [3.05, 3.63) is 24.2 Å². The molecule has 4 nitrogen and oxygen atoms in total. The molecule has 1 aromatic rings. The number of nitrogens with zero attached hydrogens (tertiary/aromatic N) is 1. The quantitative estimate of drug-likeness (QED) is 0.755. The van der Waals surface area contributed by atoms with Crippen molar-refractivity contribution in [2.24, 2.45) is 5.92 Å². The van der Waals surface area contributed by atoms with E-state index in [0.29, 0.717) is 6.54 Å². The first kappa shape index (κ1) is 9.33. The molecule has 0 aliphatic rings. The lowest BCUT2D eigenvalue weighted by Gasteiger charge is -2.02. The van der Waals surface area contributed by atoms with Crippen molar-refractivity contribution in [2.45, 2.75) is 6.92 Å². The number of nitrogens with one attached hydrogen (secondary N) is 1. The summed E-state index contributed by atoms with van der Waals surface area (Å²) < 4.78 is 4.87. The molecule has 1 N–H and O–H groups in total. The van der Waals surface area contributed by atoms with Gasteiger partial charge in [-0.05, 0) is 19.1 Å². The van der Waals surface area contributed by atoms with Gasteiger partial charge in [0, 0.05) is 6.54 Å². The Labute approximate surface area is 76.2 Å². The van der Waals surface area contributed by atoms with Gasteiger partial charge in [0.2, 0.25) is 0 Å². The maximum Gasteiger partial charge on any atom is 0.287 e. The molecule has 1 rings (SSSR count). The number of hydrogen-bond acceptors (Lipinski definition) is 3. The Hall–Kier alpha value is -1.76. The van der Waals surface area contributed by atoms with Crippen molar-refractivity contribution >= 4 is 5.91 Å². The number of hydrogen-bond donors (Lipinski definition) is 1. The van der Waals surface area contributed by atoms with Crippen molar-refractivity contribution in [2.75, 3.05) is 6.54 Å².